The number of hydrogen-bond donors (Lipinski definition) is 1. The summed E-state index contributed by atoms with van der Waals surface area (Å²) in [6.45, 7) is 2.87. The first-order valence-electron chi connectivity index (χ1n) is 4.38. The molecule has 0 saturated heterocycles. The number of rotatable bonds is 1. The van der Waals surface area contributed by atoms with Gasteiger partial charge >= 0.3 is 0 Å². The fourth-order valence-corrected chi connectivity index (χ4v) is 1.26. The van der Waals surface area contributed by atoms with Crippen molar-refractivity contribution in [2.45, 2.75) is 6.92 Å². The van der Waals surface area contributed by atoms with E-state index < -0.39 is 0 Å². The van der Waals surface area contributed by atoms with Crippen LogP contribution >= 0.6 is 0 Å². The Bertz CT molecular complexity index is 350. The van der Waals surface area contributed by atoms with Crippen LogP contribution in [0.15, 0.2) is 47.1 Å². The van der Waals surface area contributed by atoms with Crippen molar-refractivity contribution in [3.8, 4) is 0 Å². The maximum Gasteiger partial charge on any atom is 0.132 e. The van der Waals surface area contributed by atoms with Gasteiger partial charge in [0.25, 0.3) is 0 Å². The van der Waals surface area contributed by atoms with Crippen LogP contribution in [0.25, 0.3) is 0 Å². The van der Waals surface area contributed by atoms with Gasteiger partial charge in [0.2, 0.25) is 0 Å². The largest absolute Gasteiger partial charge is 0.346 e. The van der Waals surface area contributed by atoms with Crippen molar-refractivity contribution in [1.82, 2.24) is 5.32 Å². The molecular weight excluding hydrogens is 160 g/mol. The molecule has 2 nitrogen and oxygen atoms in total. The van der Waals surface area contributed by atoms with Crippen LogP contribution in [0, 0.1) is 0 Å². The number of nitrogens with one attached hydrogen (secondary N) is 1. The molecule has 0 spiro atoms. The zero-order valence-corrected chi connectivity index (χ0v) is 7.62. The van der Waals surface area contributed by atoms with Crippen molar-refractivity contribution in [3.05, 3.63) is 47.7 Å². The predicted molar refractivity (Wildman–Crippen MR) is 54.7 cm³/mol. The van der Waals surface area contributed by atoms with Gasteiger partial charge in [-0.2, -0.15) is 0 Å². The molecule has 0 bridgehead atoms. The van der Waals surface area contributed by atoms with E-state index in [2.05, 4.69) is 29.4 Å². The summed E-state index contributed by atoms with van der Waals surface area (Å²) < 4.78 is 0. The Labute approximate surface area is 78.0 Å². The molecule has 0 aromatic heterocycles. The maximum absolute atomic E-state index is 4.42. The number of aliphatic imine (C=N–C) groups is 1. The molecule has 1 aliphatic heterocycles. The molecule has 1 aromatic rings. The Hall–Kier alpha value is -1.57. The zero-order valence-electron chi connectivity index (χ0n) is 7.62. The topological polar surface area (TPSA) is 24.4 Å². The monoisotopic (exact) mass is 172 g/mol. The number of nitrogens with zero attached hydrogens (tertiary/aromatic N) is 1. The van der Waals surface area contributed by atoms with Crippen LogP contribution in [0.5, 0.6) is 0 Å². The Morgan fingerprint density at radius 2 is 2.00 bits per heavy atom. The minimum Gasteiger partial charge on any atom is -0.346 e. The van der Waals surface area contributed by atoms with Gasteiger partial charge < -0.3 is 5.32 Å². The lowest BCUT2D eigenvalue weighted by atomic mass is 10.2. The number of benzene rings is 1. The molecular formula is C11H12N2. The second-order valence-electron chi connectivity index (χ2n) is 3.17. The molecule has 13 heavy (non-hydrogen) atoms. The highest BCUT2D eigenvalue weighted by molar-refractivity contribution is 5.99. The lowest BCUT2D eigenvalue weighted by Crippen LogP contribution is -2.23. The molecule has 0 aliphatic carbocycles. The van der Waals surface area contributed by atoms with Crippen molar-refractivity contribution in [1.29, 1.82) is 0 Å². The average molecular weight is 172 g/mol. The van der Waals surface area contributed by atoms with Crippen molar-refractivity contribution in [2.75, 3.05) is 6.54 Å². The maximum atomic E-state index is 4.42. The fourth-order valence-electron chi connectivity index (χ4n) is 1.26. The summed E-state index contributed by atoms with van der Waals surface area (Å²) >= 11 is 0. The summed E-state index contributed by atoms with van der Waals surface area (Å²) in [5.41, 5.74) is 2.41. The molecule has 0 saturated carbocycles. The highest BCUT2D eigenvalue weighted by Gasteiger charge is 2.04. The highest BCUT2D eigenvalue weighted by Crippen LogP contribution is 2.04. The molecule has 0 fully saturated rings. The van der Waals surface area contributed by atoms with E-state index in [9.17, 15) is 0 Å². The van der Waals surface area contributed by atoms with Gasteiger partial charge in [-0.25, -0.2) is 0 Å². The first-order valence-corrected chi connectivity index (χ1v) is 4.38. The van der Waals surface area contributed by atoms with Gasteiger partial charge in [-0.15, -0.1) is 0 Å². The molecule has 2 rings (SSSR count). The van der Waals surface area contributed by atoms with E-state index in [1.54, 1.807) is 0 Å². The van der Waals surface area contributed by atoms with E-state index in [1.807, 2.05) is 24.4 Å². The summed E-state index contributed by atoms with van der Waals surface area (Å²) in [6, 6.07) is 10.2. The van der Waals surface area contributed by atoms with Crippen molar-refractivity contribution in [3.63, 3.8) is 0 Å². The molecule has 1 heterocycles. The lowest BCUT2D eigenvalue weighted by Gasteiger charge is -2.12. The molecule has 0 amide bonds. The quantitative estimate of drug-likeness (QED) is 0.687. The predicted octanol–water partition coefficient (Wildman–Crippen LogP) is 1.94. The Morgan fingerprint density at radius 3 is 2.62 bits per heavy atom. The summed E-state index contributed by atoms with van der Waals surface area (Å²) in [7, 11) is 0. The summed E-state index contributed by atoms with van der Waals surface area (Å²) in [4.78, 5) is 4.42. The van der Waals surface area contributed by atoms with E-state index in [0.717, 1.165) is 17.9 Å². The second-order valence-corrected chi connectivity index (χ2v) is 3.17. The van der Waals surface area contributed by atoms with Gasteiger partial charge in [0, 0.05) is 11.8 Å². The molecule has 66 valence electrons. The molecule has 0 unspecified atom stereocenters. The Kier molecular flexibility index (Phi) is 2.13. The third-order valence-electron chi connectivity index (χ3n) is 1.99. The van der Waals surface area contributed by atoms with Crippen LogP contribution in [0.1, 0.15) is 12.5 Å². The van der Waals surface area contributed by atoms with Gasteiger partial charge in [-0.05, 0) is 12.5 Å². The molecule has 1 aliphatic rings. The van der Waals surface area contributed by atoms with Gasteiger partial charge in [-0.1, -0.05) is 30.3 Å². The van der Waals surface area contributed by atoms with Gasteiger partial charge in [0.05, 0.1) is 6.54 Å². The Morgan fingerprint density at radius 1 is 1.23 bits per heavy atom. The second kappa shape index (κ2) is 3.44. The van der Waals surface area contributed by atoms with Gasteiger partial charge in [0.1, 0.15) is 5.84 Å². The third kappa shape index (κ3) is 1.78. The average Bonchev–Trinajstić information content (AvgIpc) is 2.20. The van der Waals surface area contributed by atoms with Crippen LogP contribution in [0.2, 0.25) is 0 Å². The smallest absolute Gasteiger partial charge is 0.132 e. The first-order chi connectivity index (χ1) is 6.36. The van der Waals surface area contributed by atoms with E-state index in [1.165, 1.54) is 5.57 Å². The van der Waals surface area contributed by atoms with E-state index in [-0.39, 0.29) is 0 Å². The number of hydrogen-bond acceptors (Lipinski definition) is 2. The minimum absolute atomic E-state index is 0.803. The molecule has 1 aromatic carbocycles. The van der Waals surface area contributed by atoms with Crippen LogP contribution in [-0.2, 0) is 0 Å². The molecule has 1 N–H and O–H groups in total. The van der Waals surface area contributed by atoms with Crippen LogP contribution in [0.4, 0.5) is 0 Å². The molecule has 0 atom stereocenters. The first kappa shape index (κ1) is 8.05. The molecule has 2 heteroatoms. The van der Waals surface area contributed by atoms with Gasteiger partial charge in [-0.3, -0.25) is 4.99 Å². The zero-order chi connectivity index (χ0) is 9.10. The summed E-state index contributed by atoms with van der Waals surface area (Å²) in [6.07, 6.45) is 2.01. The van der Waals surface area contributed by atoms with Gasteiger partial charge in [0.15, 0.2) is 0 Å². The SMILES string of the molecule is CC1=CNC(c2ccccc2)=NC1. The minimum atomic E-state index is 0.803. The summed E-state index contributed by atoms with van der Waals surface area (Å²) in [5.74, 6) is 0.964. The van der Waals surface area contributed by atoms with Crippen molar-refractivity contribution >= 4 is 5.84 Å². The lowest BCUT2D eigenvalue weighted by molar-refractivity contribution is 1.03. The third-order valence-corrected chi connectivity index (χ3v) is 1.99. The van der Waals surface area contributed by atoms with Crippen LogP contribution < -0.4 is 5.32 Å². The van der Waals surface area contributed by atoms with Crippen LogP contribution in [0.3, 0.4) is 0 Å². The number of amidine groups is 1. The van der Waals surface area contributed by atoms with E-state index in [0.29, 0.717) is 0 Å². The molecule has 0 radical (unpaired) electrons. The van der Waals surface area contributed by atoms with Crippen molar-refractivity contribution < 1.29 is 0 Å². The standard InChI is InChI=1S/C11H12N2/c1-9-7-12-11(13-8-9)10-5-3-2-4-6-10/h2-7H,8H2,1H3,(H,12,13). The van der Waals surface area contributed by atoms with Crippen molar-refractivity contribution in [2.24, 2.45) is 4.99 Å². The fraction of sp³-hybridized carbons (Fsp3) is 0.182. The van der Waals surface area contributed by atoms with Crippen LogP contribution in [-0.4, -0.2) is 12.4 Å². The van der Waals surface area contributed by atoms with E-state index >= 15 is 0 Å². The normalized spacial score (nSPS) is 15.8. The Balaban J connectivity index is 2.21. The van der Waals surface area contributed by atoms with E-state index in [4.69, 9.17) is 0 Å². The highest BCUT2D eigenvalue weighted by atomic mass is 15.0. The summed E-state index contributed by atoms with van der Waals surface area (Å²) in [5, 5.41) is 3.17.